The van der Waals surface area contributed by atoms with Crippen LogP contribution in [-0.4, -0.2) is 10.2 Å². The third-order valence-electron chi connectivity index (χ3n) is 3.06. The number of H-pyrrole nitrogens is 1. The Morgan fingerprint density at radius 3 is 2.62 bits per heavy atom. The number of ether oxygens (including phenoxy) is 1. The highest BCUT2D eigenvalue weighted by Gasteiger charge is 2.06. The molecule has 0 saturated carbocycles. The Labute approximate surface area is 127 Å². The summed E-state index contributed by atoms with van der Waals surface area (Å²) in [7, 11) is 0. The van der Waals surface area contributed by atoms with E-state index in [9.17, 15) is 0 Å². The number of aromatic amines is 1. The van der Waals surface area contributed by atoms with Crippen molar-refractivity contribution in [3.05, 3.63) is 65.3 Å². The van der Waals surface area contributed by atoms with Gasteiger partial charge in [0, 0.05) is 11.3 Å². The highest BCUT2D eigenvalue weighted by Crippen LogP contribution is 2.24. The number of rotatable bonds is 4. The first-order valence-electron chi connectivity index (χ1n) is 6.50. The number of nitrogen functional groups attached to an aromatic ring is 1. The van der Waals surface area contributed by atoms with Gasteiger partial charge in [0.1, 0.15) is 12.4 Å². The Kier molecular flexibility index (Phi) is 3.79. The normalized spacial score (nSPS) is 10.5. The van der Waals surface area contributed by atoms with Crippen LogP contribution in [0, 0.1) is 0 Å². The number of aromatic nitrogens is 2. The van der Waals surface area contributed by atoms with Gasteiger partial charge in [-0.1, -0.05) is 35.9 Å². The lowest BCUT2D eigenvalue weighted by atomic mass is 10.1. The summed E-state index contributed by atoms with van der Waals surface area (Å²) in [4.78, 5) is 0. The largest absolute Gasteiger partial charge is 0.486 e. The quantitative estimate of drug-likeness (QED) is 0.718. The van der Waals surface area contributed by atoms with E-state index in [1.165, 1.54) is 0 Å². The molecule has 0 aliphatic carbocycles. The predicted molar refractivity (Wildman–Crippen MR) is 84.2 cm³/mol. The molecule has 3 aromatic rings. The smallest absolute Gasteiger partial charge is 0.138 e. The summed E-state index contributed by atoms with van der Waals surface area (Å²) in [5, 5.41) is 7.82. The number of nitrogens with zero attached hydrogens (tertiary/aromatic N) is 1. The third kappa shape index (κ3) is 3.17. The fourth-order valence-corrected chi connectivity index (χ4v) is 2.14. The Balaban J connectivity index is 1.71. The van der Waals surface area contributed by atoms with Crippen LogP contribution in [-0.2, 0) is 6.61 Å². The fraction of sp³-hybridized carbons (Fsp3) is 0.0625. The van der Waals surface area contributed by atoms with Crippen molar-refractivity contribution in [1.82, 2.24) is 10.2 Å². The number of anilines is 1. The van der Waals surface area contributed by atoms with Gasteiger partial charge in [0.2, 0.25) is 0 Å². The van der Waals surface area contributed by atoms with Crippen molar-refractivity contribution in [1.29, 1.82) is 0 Å². The van der Waals surface area contributed by atoms with E-state index in [-0.39, 0.29) is 0 Å². The van der Waals surface area contributed by atoms with Crippen molar-refractivity contribution in [2.24, 2.45) is 0 Å². The molecule has 0 atom stereocenters. The Morgan fingerprint density at radius 1 is 1.10 bits per heavy atom. The molecule has 21 heavy (non-hydrogen) atoms. The van der Waals surface area contributed by atoms with Gasteiger partial charge in [0.25, 0.3) is 0 Å². The van der Waals surface area contributed by atoms with Crippen molar-refractivity contribution < 1.29 is 4.74 Å². The summed E-state index contributed by atoms with van der Waals surface area (Å²) in [6.45, 7) is 0.381. The molecule has 0 amide bonds. The molecule has 0 bridgehead atoms. The van der Waals surface area contributed by atoms with E-state index in [1.807, 2.05) is 48.5 Å². The second-order valence-electron chi connectivity index (χ2n) is 4.62. The zero-order chi connectivity index (χ0) is 14.7. The number of hydrogen-bond acceptors (Lipinski definition) is 3. The molecule has 0 spiro atoms. The number of nitrogens with one attached hydrogen (secondary N) is 1. The van der Waals surface area contributed by atoms with Crippen LogP contribution in [0.2, 0.25) is 5.02 Å². The predicted octanol–water partition coefficient (Wildman–Crippen LogP) is 3.89. The molecule has 0 saturated heterocycles. The average molecular weight is 300 g/mol. The number of para-hydroxylation sites is 1. The first-order valence-corrected chi connectivity index (χ1v) is 6.88. The van der Waals surface area contributed by atoms with Crippen LogP contribution in [0.15, 0.2) is 54.6 Å². The van der Waals surface area contributed by atoms with E-state index in [0.29, 0.717) is 17.4 Å². The Bertz CT molecular complexity index is 737. The summed E-state index contributed by atoms with van der Waals surface area (Å²) < 4.78 is 5.67. The SMILES string of the molecule is Nc1ccc(-c2cc(COc3ccccc3Cl)[nH]n2)cc1. The van der Waals surface area contributed by atoms with Crippen LogP contribution >= 0.6 is 11.6 Å². The van der Waals surface area contributed by atoms with E-state index in [1.54, 1.807) is 6.07 Å². The van der Waals surface area contributed by atoms with Gasteiger partial charge >= 0.3 is 0 Å². The molecule has 106 valence electrons. The molecular weight excluding hydrogens is 286 g/mol. The third-order valence-corrected chi connectivity index (χ3v) is 3.37. The molecule has 1 heterocycles. The van der Waals surface area contributed by atoms with Crippen LogP contribution in [0.3, 0.4) is 0 Å². The first kappa shape index (κ1) is 13.5. The average Bonchev–Trinajstić information content (AvgIpc) is 2.96. The van der Waals surface area contributed by atoms with E-state index in [4.69, 9.17) is 22.1 Å². The lowest BCUT2D eigenvalue weighted by Crippen LogP contribution is -1.95. The first-order chi connectivity index (χ1) is 10.2. The number of hydrogen-bond donors (Lipinski definition) is 2. The Morgan fingerprint density at radius 2 is 1.86 bits per heavy atom. The van der Waals surface area contributed by atoms with Crippen LogP contribution in [0.1, 0.15) is 5.69 Å². The van der Waals surface area contributed by atoms with Crippen LogP contribution in [0.25, 0.3) is 11.3 Å². The van der Waals surface area contributed by atoms with Crippen molar-refractivity contribution in [2.45, 2.75) is 6.61 Å². The maximum atomic E-state index is 6.04. The molecule has 0 aliphatic heterocycles. The maximum Gasteiger partial charge on any atom is 0.138 e. The molecule has 0 radical (unpaired) electrons. The van der Waals surface area contributed by atoms with Gasteiger partial charge in [-0.3, -0.25) is 5.10 Å². The van der Waals surface area contributed by atoms with E-state index < -0.39 is 0 Å². The van der Waals surface area contributed by atoms with Gasteiger partial charge in [0.15, 0.2) is 0 Å². The molecular formula is C16H14ClN3O. The van der Waals surface area contributed by atoms with Gasteiger partial charge in [-0.05, 0) is 30.3 Å². The minimum absolute atomic E-state index is 0.381. The highest BCUT2D eigenvalue weighted by atomic mass is 35.5. The molecule has 4 nitrogen and oxygen atoms in total. The monoisotopic (exact) mass is 299 g/mol. The number of nitrogens with two attached hydrogens (primary N) is 1. The van der Waals surface area contributed by atoms with Gasteiger partial charge in [-0.25, -0.2) is 0 Å². The van der Waals surface area contributed by atoms with Crippen molar-refractivity contribution in [2.75, 3.05) is 5.73 Å². The maximum absolute atomic E-state index is 6.04. The second kappa shape index (κ2) is 5.89. The van der Waals surface area contributed by atoms with Gasteiger partial charge < -0.3 is 10.5 Å². The summed E-state index contributed by atoms with van der Waals surface area (Å²) in [5.74, 6) is 0.655. The topological polar surface area (TPSA) is 63.9 Å². The van der Waals surface area contributed by atoms with Gasteiger partial charge in [-0.2, -0.15) is 5.10 Å². The minimum Gasteiger partial charge on any atom is -0.486 e. The van der Waals surface area contributed by atoms with Crippen LogP contribution < -0.4 is 10.5 Å². The van der Waals surface area contributed by atoms with E-state index in [0.717, 1.165) is 22.6 Å². The zero-order valence-corrected chi connectivity index (χ0v) is 12.0. The molecule has 0 fully saturated rings. The van der Waals surface area contributed by atoms with Crippen molar-refractivity contribution in [3.8, 4) is 17.0 Å². The number of benzene rings is 2. The summed E-state index contributed by atoms with van der Waals surface area (Å²) in [6.07, 6.45) is 0. The molecule has 3 rings (SSSR count). The molecule has 1 aromatic heterocycles. The molecule has 5 heteroatoms. The summed E-state index contributed by atoms with van der Waals surface area (Å²) >= 11 is 6.04. The molecule has 0 aliphatic rings. The molecule has 3 N–H and O–H groups in total. The summed E-state index contributed by atoms with van der Waals surface area (Å²) in [6, 6.07) is 16.9. The summed E-state index contributed by atoms with van der Waals surface area (Å²) in [5.41, 5.74) is 9.14. The second-order valence-corrected chi connectivity index (χ2v) is 5.03. The zero-order valence-electron chi connectivity index (χ0n) is 11.2. The van der Waals surface area contributed by atoms with Crippen LogP contribution in [0.5, 0.6) is 5.75 Å². The lowest BCUT2D eigenvalue weighted by molar-refractivity contribution is 0.301. The molecule has 0 unspecified atom stereocenters. The fourth-order valence-electron chi connectivity index (χ4n) is 1.95. The minimum atomic E-state index is 0.381. The van der Waals surface area contributed by atoms with E-state index >= 15 is 0 Å². The van der Waals surface area contributed by atoms with Crippen molar-refractivity contribution in [3.63, 3.8) is 0 Å². The lowest BCUT2D eigenvalue weighted by Gasteiger charge is -2.05. The van der Waals surface area contributed by atoms with E-state index in [2.05, 4.69) is 10.2 Å². The Hall–Kier alpha value is -2.46. The standard InChI is InChI=1S/C16H14ClN3O/c17-14-3-1-2-4-16(14)21-10-13-9-15(20-19-13)11-5-7-12(18)8-6-11/h1-9H,10,18H2,(H,19,20). The van der Waals surface area contributed by atoms with Crippen molar-refractivity contribution >= 4 is 17.3 Å². The van der Waals surface area contributed by atoms with Crippen LogP contribution in [0.4, 0.5) is 5.69 Å². The van der Waals surface area contributed by atoms with Gasteiger partial charge in [-0.15, -0.1) is 0 Å². The molecule has 2 aromatic carbocycles. The van der Waals surface area contributed by atoms with Gasteiger partial charge in [0.05, 0.1) is 16.4 Å². The highest BCUT2D eigenvalue weighted by molar-refractivity contribution is 6.32. The number of halogens is 1.